The molecule has 0 bridgehead atoms. The van der Waals surface area contributed by atoms with Crippen molar-refractivity contribution in [3.05, 3.63) is 0 Å². The van der Waals surface area contributed by atoms with Crippen LogP contribution in [0.3, 0.4) is 0 Å². The van der Waals surface area contributed by atoms with Crippen molar-refractivity contribution in [2.45, 2.75) is 244 Å². The number of carbonyl (C=O) groups is 3. The molecule has 0 heterocycles. The minimum absolute atomic E-state index is 0.0194. The van der Waals surface area contributed by atoms with Crippen molar-refractivity contribution < 1.29 is 24.2 Å². The highest BCUT2D eigenvalue weighted by Crippen LogP contribution is 2.19. The molecule has 0 aromatic heterocycles. The first-order chi connectivity index (χ1) is 23.9. The molecule has 49 heavy (non-hydrogen) atoms. The fraction of sp³-hybridized carbons (Fsp3) is 0.929. The quantitative estimate of drug-likeness (QED) is 0.0435. The Morgan fingerprint density at radius 3 is 1.27 bits per heavy atom. The number of ether oxygens (including phenoxy) is 1. The van der Waals surface area contributed by atoms with Crippen molar-refractivity contribution in [1.82, 2.24) is 5.32 Å². The second-order valence-corrected chi connectivity index (χ2v) is 14.8. The average Bonchev–Trinajstić information content (AvgIpc) is 3.08. The van der Waals surface area contributed by atoms with Gasteiger partial charge in [0.15, 0.2) is 0 Å². The van der Waals surface area contributed by atoms with Crippen LogP contribution in [0.2, 0.25) is 0 Å². The van der Waals surface area contributed by atoms with E-state index in [1.54, 1.807) is 0 Å². The van der Waals surface area contributed by atoms with Gasteiger partial charge in [-0.2, -0.15) is 0 Å². The highest BCUT2D eigenvalue weighted by molar-refractivity contribution is 5.83. The molecule has 0 aliphatic carbocycles. The Morgan fingerprint density at radius 1 is 0.510 bits per heavy atom. The van der Waals surface area contributed by atoms with Gasteiger partial charge >= 0.3 is 11.9 Å². The number of carboxylic acids is 1. The van der Waals surface area contributed by atoms with Gasteiger partial charge in [-0.15, -0.1) is 0 Å². The largest absolute Gasteiger partial charge is 0.480 e. The Balaban J connectivity index is 4.04. The van der Waals surface area contributed by atoms with Crippen LogP contribution in [0.25, 0.3) is 0 Å². The summed E-state index contributed by atoms with van der Waals surface area (Å²) >= 11 is 0. The van der Waals surface area contributed by atoms with Crippen LogP contribution in [-0.2, 0) is 19.1 Å². The van der Waals surface area contributed by atoms with E-state index >= 15 is 0 Å². The van der Waals surface area contributed by atoms with Crippen LogP contribution in [0.1, 0.15) is 232 Å². The van der Waals surface area contributed by atoms with E-state index in [4.69, 9.17) is 10.5 Å². The number of nitrogens with two attached hydrogens (primary N) is 1. The van der Waals surface area contributed by atoms with Gasteiger partial charge in [0.1, 0.15) is 12.1 Å². The van der Waals surface area contributed by atoms with Gasteiger partial charge < -0.3 is 20.9 Å². The maximum atomic E-state index is 12.7. The fourth-order valence-electron chi connectivity index (χ4n) is 6.69. The monoisotopic (exact) mass is 695 g/mol. The van der Waals surface area contributed by atoms with Crippen molar-refractivity contribution in [1.29, 1.82) is 0 Å². The molecular weight excluding hydrogens is 612 g/mol. The van der Waals surface area contributed by atoms with Crippen molar-refractivity contribution in [3.8, 4) is 0 Å². The second kappa shape index (κ2) is 37.6. The lowest BCUT2D eigenvalue weighted by Gasteiger charge is -2.18. The summed E-state index contributed by atoms with van der Waals surface area (Å²) in [5.74, 6) is -1.22. The average molecular weight is 695 g/mol. The van der Waals surface area contributed by atoms with Crippen molar-refractivity contribution in [2.24, 2.45) is 5.73 Å². The highest BCUT2D eigenvalue weighted by Gasteiger charge is 2.19. The molecule has 1 amide bonds. The van der Waals surface area contributed by atoms with E-state index in [9.17, 15) is 19.5 Å². The Bertz CT molecular complexity index is 747. The summed E-state index contributed by atoms with van der Waals surface area (Å²) in [7, 11) is 0. The highest BCUT2D eigenvalue weighted by atomic mass is 16.5. The molecule has 0 aliphatic rings. The molecule has 4 N–H and O–H groups in total. The Labute approximate surface area is 303 Å². The maximum absolute atomic E-state index is 12.7. The molecule has 2 atom stereocenters. The summed E-state index contributed by atoms with van der Waals surface area (Å²) in [5.41, 5.74) is 5.47. The van der Waals surface area contributed by atoms with Crippen LogP contribution in [0.4, 0.5) is 0 Å². The third kappa shape index (κ3) is 34.6. The number of aliphatic carboxylic acids is 1. The van der Waals surface area contributed by atoms with E-state index in [1.807, 2.05) is 0 Å². The van der Waals surface area contributed by atoms with Crippen LogP contribution >= 0.6 is 0 Å². The van der Waals surface area contributed by atoms with Gasteiger partial charge in [-0.05, 0) is 57.9 Å². The predicted octanol–water partition coefficient (Wildman–Crippen LogP) is 11.7. The zero-order valence-corrected chi connectivity index (χ0v) is 32.6. The zero-order valence-electron chi connectivity index (χ0n) is 32.6. The summed E-state index contributed by atoms with van der Waals surface area (Å²) in [6, 6.07) is -0.851. The van der Waals surface area contributed by atoms with Crippen LogP contribution in [-0.4, -0.2) is 41.6 Å². The molecule has 7 nitrogen and oxygen atoms in total. The number of carboxylic acid groups (broad SMARTS) is 1. The molecule has 0 rings (SSSR count). The normalized spacial score (nSPS) is 12.6. The fourth-order valence-corrected chi connectivity index (χ4v) is 6.69. The zero-order chi connectivity index (χ0) is 36.0. The molecule has 290 valence electrons. The molecule has 0 saturated carbocycles. The summed E-state index contributed by atoms with van der Waals surface area (Å²) in [6.45, 7) is 4.94. The number of amides is 1. The molecule has 0 aromatic rings. The Kier molecular flexibility index (Phi) is 36.4. The molecule has 7 heteroatoms. The number of rotatable bonds is 39. The standard InChI is InChI=1S/C42H82N2O5/c1-3-5-7-9-11-12-13-14-15-16-17-18-19-20-21-26-30-36-41(46)49-38(32-27-23-10-8-6-4-2)33-28-24-22-25-29-35-40(45)44-39(42(47)48)34-31-37-43/h38-39H,3-37,43H2,1-2H3,(H,44,45)(H,47,48). The van der Waals surface area contributed by atoms with Gasteiger partial charge in [-0.1, -0.05) is 168 Å². The lowest BCUT2D eigenvalue weighted by molar-refractivity contribution is -0.150. The number of esters is 1. The van der Waals surface area contributed by atoms with Crippen molar-refractivity contribution >= 4 is 17.8 Å². The SMILES string of the molecule is CCCCCCCCCCCCCCCCCCCC(=O)OC(CCCCCCCC)CCCCCCCC(=O)NC(CCCN)C(=O)O. The van der Waals surface area contributed by atoms with Gasteiger partial charge in [0, 0.05) is 12.8 Å². The number of hydrogen-bond donors (Lipinski definition) is 3. The Morgan fingerprint density at radius 2 is 0.878 bits per heavy atom. The Hall–Kier alpha value is -1.63. The van der Waals surface area contributed by atoms with Gasteiger partial charge in [-0.25, -0.2) is 4.79 Å². The summed E-state index contributed by atoms with van der Waals surface area (Å²) in [5, 5.41) is 11.9. The van der Waals surface area contributed by atoms with Crippen LogP contribution in [0, 0.1) is 0 Å². The molecule has 0 spiro atoms. The lowest BCUT2D eigenvalue weighted by Crippen LogP contribution is -2.40. The molecule has 2 unspecified atom stereocenters. The van der Waals surface area contributed by atoms with Crippen LogP contribution in [0.15, 0.2) is 0 Å². The van der Waals surface area contributed by atoms with Gasteiger partial charge in [0.05, 0.1) is 0 Å². The third-order valence-electron chi connectivity index (χ3n) is 9.92. The van der Waals surface area contributed by atoms with E-state index in [-0.39, 0.29) is 18.0 Å². The van der Waals surface area contributed by atoms with Crippen molar-refractivity contribution in [3.63, 3.8) is 0 Å². The van der Waals surface area contributed by atoms with E-state index < -0.39 is 12.0 Å². The first kappa shape index (κ1) is 47.4. The van der Waals surface area contributed by atoms with E-state index in [0.29, 0.717) is 32.2 Å². The molecule has 0 aromatic carbocycles. The summed E-state index contributed by atoms with van der Waals surface area (Å²) in [4.78, 5) is 36.2. The molecule has 0 radical (unpaired) electrons. The number of unbranched alkanes of at least 4 members (excludes halogenated alkanes) is 25. The smallest absolute Gasteiger partial charge is 0.326 e. The van der Waals surface area contributed by atoms with E-state index in [1.165, 1.54) is 128 Å². The summed E-state index contributed by atoms with van der Waals surface area (Å²) < 4.78 is 6.00. The second-order valence-electron chi connectivity index (χ2n) is 14.8. The topological polar surface area (TPSA) is 119 Å². The van der Waals surface area contributed by atoms with E-state index in [0.717, 1.165) is 64.2 Å². The van der Waals surface area contributed by atoms with Crippen molar-refractivity contribution in [2.75, 3.05) is 6.54 Å². The van der Waals surface area contributed by atoms with Gasteiger partial charge in [0.25, 0.3) is 0 Å². The lowest BCUT2D eigenvalue weighted by atomic mass is 10.0. The third-order valence-corrected chi connectivity index (χ3v) is 9.92. The minimum Gasteiger partial charge on any atom is -0.480 e. The molecule has 0 saturated heterocycles. The van der Waals surface area contributed by atoms with Crippen LogP contribution < -0.4 is 11.1 Å². The first-order valence-electron chi connectivity index (χ1n) is 21.4. The summed E-state index contributed by atoms with van der Waals surface area (Å²) in [6.07, 6.45) is 38.7. The van der Waals surface area contributed by atoms with E-state index in [2.05, 4.69) is 19.2 Å². The number of carbonyl (C=O) groups excluding carboxylic acids is 2. The first-order valence-corrected chi connectivity index (χ1v) is 21.4. The maximum Gasteiger partial charge on any atom is 0.326 e. The number of nitrogens with one attached hydrogen (secondary N) is 1. The predicted molar refractivity (Wildman–Crippen MR) is 207 cm³/mol. The minimum atomic E-state index is -1.00. The van der Waals surface area contributed by atoms with Gasteiger partial charge in [0.2, 0.25) is 5.91 Å². The van der Waals surface area contributed by atoms with Crippen LogP contribution in [0.5, 0.6) is 0 Å². The molecule has 0 aliphatic heterocycles. The molecular formula is C42H82N2O5. The number of hydrogen-bond acceptors (Lipinski definition) is 5. The molecule has 0 fully saturated rings. The van der Waals surface area contributed by atoms with Gasteiger partial charge in [-0.3, -0.25) is 9.59 Å².